The van der Waals surface area contributed by atoms with E-state index in [0.29, 0.717) is 22.5 Å². The van der Waals surface area contributed by atoms with Gasteiger partial charge in [0.1, 0.15) is 0 Å². The highest BCUT2D eigenvalue weighted by Crippen LogP contribution is 2.29. The molecule has 0 spiro atoms. The van der Waals surface area contributed by atoms with E-state index < -0.39 is 17.7 Å². The number of halogens is 3. The molecule has 0 fully saturated rings. The number of nitrogens with one attached hydrogen (secondary N) is 2. The van der Waals surface area contributed by atoms with Crippen LogP contribution in [0.5, 0.6) is 0 Å². The summed E-state index contributed by atoms with van der Waals surface area (Å²) in [5.41, 5.74) is 0.956. The topological polar surface area (TPSA) is 78.0 Å². The van der Waals surface area contributed by atoms with E-state index in [-0.39, 0.29) is 12.1 Å². The summed E-state index contributed by atoms with van der Waals surface area (Å²) < 4.78 is 38.1. The summed E-state index contributed by atoms with van der Waals surface area (Å²) in [5, 5.41) is 11.8. The Kier molecular flexibility index (Phi) is 3.88. The average Bonchev–Trinajstić information content (AvgIpc) is 2.94. The van der Waals surface area contributed by atoms with Crippen LogP contribution in [0.15, 0.2) is 42.5 Å². The number of aromatic nitrogens is 2. The second kappa shape index (κ2) is 5.88. The first-order valence-corrected chi connectivity index (χ1v) is 6.96. The molecular weight excluding hydrogens is 323 g/mol. The maximum atomic E-state index is 12.7. The Balaban J connectivity index is 1.77. The van der Waals surface area contributed by atoms with Crippen LogP contribution in [-0.2, 0) is 12.7 Å². The van der Waals surface area contributed by atoms with Gasteiger partial charge in [0, 0.05) is 6.54 Å². The molecule has 0 saturated carbocycles. The van der Waals surface area contributed by atoms with Crippen LogP contribution in [0.2, 0.25) is 0 Å². The van der Waals surface area contributed by atoms with Gasteiger partial charge in [0.05, 0.1) is 22.2 Å². The maximum absolute atomic E-state index is 12.7. The molecule has 2 aromatic carbocycles. The maximum Gasteiger partial charge on any atom is 0.416 e. The molecule has 3 N–H and O–H groups in total. The van der Waals surface area contributed by atoms with Crippen molar-refractivity contribution in [3.8, 4) is 0 Å². The van der Waals surface area contributed by atoms with E-state index >= 15 is 0 Å². The molecule has 0 unspecified atom stereocenters. The standard InChI is InChI=1S/C16H12F3N3O2/c17-16(18,19)11-3-1-2-9(6-11)8-20-15-21-12-5-4-10(14(23)24)7-13(12)22-15/h1-7H,8H2,(H,23,24)(H2,20,21,22). The van der Waals surface area contributed by atoms with Gasteiger partial charge in [-0.25, -0.2) is 9.78 Å². The Bertz CT molecular complexity index is 903. The first-order chi connectivity index (χ1) is 11.3. The Morgan fingerprint density at radius 1 is 1.21 bits per heavy atom. The van der Waals surface area contributed by atoms with Gasteiger partial charge in [-0.15, -0.1) is 0 Å². The number of alkyl halides is 3. The van der Waals surface area contributed by atoms with Gasteiger partial charge >= 0.3 is 12.1 Å². The van der Waals surface area contributed by atoms with E-state index in [1.165, 1.54) is 18.2 Å². The molecule has 1 aromatic heterocycles. The van der Waals surface area contributed by atoms with Crippen molar-refractivity contribution in [2.24, 2.45) is 0 Å². The van der Waals surface area contributed by atoms with Gasteiger partial charge in [-0.2, -0.15) is 13.2 Å². The molecule has 8 heteroatoms. The van der Waals surface area contributed by atoms with Crippen molar-refractivity contribution < 1.29 is 23.1 Å². The summed E-state index contributed by atoms with van der Waals surface area (Å²) in [5.74, 6) is -0.699. The summed E-state index contributed by atoms with van der Waals surface area (Å²) in [7, 11) is 0. The highest BCUT2D eigenvalue weighted by atomic mass is 19.4. The average molecular weight is 335 g/mol. The molecule has 0 aliphatic heterocycles. The molecule has 124 valence electrons. The van der Waals surface area contributed by atoms with Crippen molar-refractivity contribution in [3.05, 3.63) is 59.2 Å². The fourth-order valence-corrected chi connectivity index (χ4v) is 2.27. The van der Waals surface area contributed by atoms with E-state index in [2.05, 4.69) is 15.3 Å². The van der Waals surface area contributed by atoms with Crippen molar-refractivity contribution >= 4 is 23.0 Å². The number of fused-ring (bicyclic) bond motifs is 1. The van der Waals surface area contributed by atoms with Crippen LogP contribution in [0.3, 0.4) is 0 Å². The first kappa shape index (κ1) is 15.9. The van der Waals surface area contributed by atoms with Gasteiger partial charge in [0.2, 0.25) is 5.95 Å². The lowest BCUT2D eigenvalue weighted by Gasteiger charge is -2.09. The number of carboxylic acids is 1. The predicted octanol–water partition coefficient (Wildman–Crippen LogP) is 3.89. The Hall–Kier alpha value is -3.03. The third-order valence-electron chi connectivity index (χ3n) is 3.44. The van der Waals surface area contributed by atoms with Gasteiger partial charge in [-0.05, 0) is 35.9 Å². The van der Waals surface area contributed by atoms with Crippen molar-refractivity contribution in [3.63, 3.8) is 0 Å². The summed E-state index contributed by atoms with van der Waals surface area (Å²) in [6.45, 7) is 0.148. The molecule has 0 amide bonds. The predicted molar refractivity (Wildman–Crippen MR) is 81.8 cm³/mol. The van der Waals surface area contributed by atoms with E-state index in [0.717, 1.165) is 12.1 Å². The second-order valence-electron chi connectivity index (χ2n) is 5.17. The zero-order chi connectivity index (χ0) is 17.3. The molecular formula is C16H12F3N3O2. The van der Waals surface area contributed by atoms with Gasteiger partial charge in [0.15, 0.2) is 0 Å². The van der Waals surface area contributed by atoms with Gasteiger partial charge in [-0.3, -0.25) is 0 Å². The van der Waals surface area contributed by atoms with Crippen molar-refractivity contribution in [2.75, 3.05) is 5.32 Å². The fraction of sp³-hybridized carbons (Fsp3) is 0.125. The molecule has 24 heavy (non-hydrogen) atoms. The molecule has 5 nitrogen and oxygen atoms in total. The van der Waals surface area contributed by atoms with Crippen molar-refractivity contribution in [2.45, 2.75) is 12.7 Å². The van der Waals surface area contributed by atoms with E-state index in [9.17, 15) is 18.0 Å². The molecule has 0 radical (unpaired) electrons. The van der Waals surface area contributed by atoms with Crippen LogP contribution in [-0.4, -0.2) is 21.0 Å². The number of nitrogens with zero attached hydrogens (tertiary/aromatic N) is 1. The SMILES string of the molecule is O=C(O)c1ccc2nc(NCc3cccc(C(F)(F)F)c3)[nH]c2c1. The Morgan fingerprint density at radius 3 is 2.71 bits per heavy atom. The molecule has 0 bridgehead atoms. The number of imidazole rings is 1. The van der Waals surface area contributed by atoms with Crippen molar-refractivity contribution in [1.29, 1.82) is 0 Å². The number of hydrogen-bond donors (Lipinski definition) is 3. The number of carbonyl (C=O) groups is 1. The van der Waals surface area contributed by atoms with Crippen LogP contribution in [0, 0.1) is 0 Å². The van der Waals surface area contributed by atoms with E-state index in [1.54, 1.807) is 12.1 Å². The molecule has 3 rings (SSSR count). The van der Waals surface area contributed by atoms with Crippen LogP contribution in [0.1, 0.15) is 21.5 Å². The fourth-order valence-electron chi connectivity index (χ4n) is 2.27. The quantitative estimate of drug-likeness (QED) is 0.676. The van der Waals surface area contributed by atoms with Crippen LogP contribution in [0.25, 0.3) is 11.0 Å². The Morgan fingerprint density at radius 2 is 2.00 bits per heavy atom. The first-order valence-electron chi connectivity index (χ1n) is 6.96. The zero-order valence-corrected chi connectivity index (χ0v) is 12.2. The number of carboxylic acid groups (broad SMARTS) is 1. The minimum Gasteiger partial charge on any atom is -0.478 e. The minimum absolute atomic E-state index is 0.121. The summed E-state index contributed by atoms with van der Waals surface area (Å²) >= 11 is 0. The second-order valence-corrected chi connectivity index (χ2v) is 5.17. The molecule has 0 aliphatic carbocycles. The number of rotatable bonds is 4. The highest BCUT2D eigenvalue weighted by molar-refractivity contribution is 5.92. The van der Waals surface area contributed by atoms with E-state index in [4.69, 9.17) is 5.11 Å². The third-order valence-corrected chi connectivity index (χ3v) is 3.44. The number of aromatic amines is 1. The van der Waals surface area contributed by atoms with Crippen LogP contribution < -0.4 is 5.32 Å². The lowest BCUT2D eigenvalue weighted by Crippen LogP contribution is -2.07. The number of H-pyrrole nitrogens is 1. The number of aromatic carboxylic acids is 1. The lowest BCUT2D eigenvalue weighted by molar-refractivity contribution is -0.137. The van der Waals surface area contributed by atoms with Gasteiger partial charge < -0.3 is 15.4 Å². The number of anilines is 1. The van der Waals surface area contributed by atoms with Gasteiger partial charge in [0.25, 0.3) is 0 Å². The van der Waals surface area contributed by atoms with Gasteiger partial charge in [-0.1, -0.05) is 12.1 Å². The molecule has 0 atom stereocenters. The largest absolute Gasteiger partial charge is 0.478 e. The van der Waals surface area contributed by atoms with E-state index in [1.807, 2.05) is 0 Å². The summed E-state index contributed by atoms with van der Waals surface area (Å²) in [4.78, 5) is 18.0. The van der Waals surface area contributed by atoms with Crippen molar-refractivity contribution in [1.82, 2.24) is 9.97 Å². The zero-order valence-electron chi connectivity index (χ0n) is 12.2. The summed E-state index contributed by atoms with van der Waals surface area (Å²) in [6, 6.07) is 9.44. The molecule has 0 aliphatic rings. The Labute approximate surface area is 134 Å². The molecule has 1 heterocycles. The monoisotopic (exact) mass is 335 g/mol. The lowest BCUT2D eigenvalue weighted by atomic mass is 10.1. The highest BCUT2D eigenvalue weighted by Gasteiger charge is 2.30. The smallest absolute Gasteiger partial charge is 0.416 e. The number of hydrogen-bond acceptors (Lipinski definition) is 3. The molecule has 0 saturated heterocycles. The minimum atomic E-state index is -4.39. The normalized spacial score (nSPS) is 11.6. The molecule has 3 aromatic rings. The van der Waals surface area contributed by atoms with Crippen LogP contribution >= 0.6 is 0 Å². The van der Waals surface area contributed by atoms with Crippen LogP contribution in [0.4, 0.5) is 19.1 Å². The summed E-state index contributed by atoms with van der Waals surface area (Å²) in [6.07, 6.45) is -4.39. The third kappa shape index (κ3) is 3.32. The number of benzene rings is 2.